The molecule has 1 unspecified atom stereocenters. The van der Waals surface area contributed by atoms with Gasteiger partial charge in [-0.1, -0.05) is 71.7 Å². The topological polar surface area (TPSA) is 95.5 Å². The molecule has 4 aromatic rings. The number of thioether (sulfide) groups is 1. The zero-order valence-corrected chi connectivity index (χ0v) is 22.2. The molecule has 4 aromatic carbocycles. The normalized spacial score (nSPS) is 11.4. The number of benzene rings is 4. The van der Waals surface area contributed by atoms with E-state index < -0.39 is 11.2 Å². The standard InChI is InChI=1S/C29H22Cl2N2O4S/c30-21-12-9-18(10-13-21)15-26(34)32-22-7-4-8-23(17-22)38-27(19-5-2-1-3-6-19)28(35)33-25-16-20(29(36)37)11-14-24(25)31/h1-14,16-17,27H,15H2,(H,32,34)(H,33,35)(H,36,37). The highest BCUT2D eigenvalue weighted by Crippen LogP contribution is 2.38. The molecule has 6 nitrogen and oxygen atoms in total. The van der Waals surface area contributed by atoms with Crippen LogP contribution < -0.4 is 10.6 Å². The van der Waals surface area contributed by atoms with Gasteiger partial charge < -0.3 is 15.7 Å². The molecule has 0 heterocycles. The maximum atomic E-state index is 13.4. The van der Waals surface area contributed by atoms with Gasteiger partial charge in [0.05, 0.1) is 22.7 Å². The van der Waals surface area contributed by atoms with Gasteiger partial charge in [0.1, 0.15) is 5.25 Å². The third-order valence-corrected chi connectivity index (χ3v) is 7.29. The van der Waals surface area contributed by atoms with Gasteiger partial charge in [-0.2, -0.15) is 0 Å². The second-order valence-corrected chi connectivity index (χ2v) is 10.3. The number of halogens is 2. The van der Waals surface area contributed by atoms with E-state index in [1.807, 2.05) is 36.4 Å². The van der Waals surface area contributed by atoms with Gasteiger partial charge in [0.25, 0.3) is 0 Å². The van der Waals surface area contributed by atoms with Crippen LogP contribution in [0.4, 0.5) is 11.4 Å². The summed E-state index contributed by atoms with van der Waals surface area (Å²) >= 11 is 13.4. The lowest BCUT2D eigenvalue weighted by Crippen LogP contribution is -2.19. The van der Waals surface area contributed by atoms with Crippen molar-refractivity contribution in [2.75, 3.05) is 10.6 Å². The van der Waals surface area contributed by atoms with Gasteiger partial charge in [-0.05, 0) is 59.7 Å². The molecule has 9 heteroatoms. The second kappa shape index (κ2) is 12.6. The number of carboxylic acids is 1. The summed E-state index contributed by atoms with van der Waals surface area (Å²) in [5, 5.41) is 15.1. The van der Waals surface area contributed by atoms with Crippen molar-refractivity contribution in [1.82, 2.24) is 0 Å². The molecule has 38 heavy (non-hydrogen) atoms. The summed E-state index contributed by atoms with van der Waals surface area (Å²) in [6, 6.07) is 27.6. The number of anilines is 2. The van der Waals surface area contributed by atoms with Crippen LogP contribution in [0.5, 0.6) is 0 Å². The third kappa shape index (κ3) is 7.38. The van der Waals surface area contributed by atoms with Crippen molar-refractivity contribution in [3.8, 4) is 0 Å². The molecule has 0 radical (unpaired) electrons. The Bertz CT molecular complexity index is 1460. The molecule has 2 amide bonds. The molecular formula is C29H22Cl2N2O4S. The first-order valence-electron chi connectivity index (χ1n) is 11.5. The molecule has 0 spiro atoms. The van der Waals surface area contributed by atoms with Crippen molar-refractivity contribution in [2.45, 2.75) is 16.6 Å². The van der Waals surface area contributed by atoms with Gasteiger partial charge in [-0.25, -0.2) is 4.79 Å². The molecule has 0 aromatic heterocycles. The number of carboxylic acid groups (broad SMARTS) is 1. The zero-order chi connectivity index (χ0) is 27.1. The fourth-order valence-electron chi connectivity index (χ4n) is 3.63. The molecular weight excluding hydrogens is 543 g/mol. The van der Waals surface area contributed by atoms with Crippen LogP contribution >= 0.6 is 35.0 Å². The van der Waals surface area contributed by atoms with E-state index >= 15 is 0 Å². The predicted molar refractivity (Wildman–Crippen MR) is 152 cm³/mol. The van der Waals surface area contributed by atoms with Gasteiger partial charge in [-0.3, -0.25) is 9.59 Å². The largest absolute Gasteiger partial charge is 0.478 e. The number of carbonyl (C=O) groups is 3. The van der Waals surface area contributed by atoms with E-state index in [4.69, 9.17) is 23.2 Å². The molecule has 1 atom stereocenters. The van der Waals surface area contributed by atoms with Crippen molar-refractivity contribution in [2.24, 2.45) is 0 Å². The highest BCUT2D eigenvalue weighted by Gasteiger charge is 2.23. The molecule has 4 rings (SSSR count). The number of aromatic carboxylic acids is 1. The Balaban J connectivity index is 1.52. The van der Waals surface area contributed by atoms with Crippen molar-refractivity contribution in [3.63, 3.8) is 0 Å². The van der Waals surface area contributed by atoms with Crippen molar-refractivity contribution in [3.05, 3.63) is 124 Å². The van der Waals surface area contributed by atoms with Crippen molar-refractivity contribution >= 4 is 64.1 Å². The molecule has 0 aliphatic rings. The van der Waals surface area contributed by atoms with Gasteiger partial charge >= 0.3 is 5.97 Å². The summed E-state index contributed by atoms with van der Waals surface area (Å²) < 4.78 is 0. The molecule has 3 N–H and O–H groups in total. The fraction of sp³-hybridized carbons (Fsp3) is 0.0690. The van der Waals surface area contributed by atoms with E-state index in [9.17, 15) is 19.5 Å². The average Bonchev–Trinajstić information content (AvgIpc) is 2.90. The highest BCUT2D eigenvalue weighted by molar-refractivity contribution is 8.00. The Kier molecular flexibility index (Phi) is 9.07. The molecule has 0 bridgehead atoms. The van der Waals surface area contributed by atoms with Crippen LogP contribution in [-0.4, -0.2) is 22.9 Å². The van der Waals surface area contributed by atoms with Crippen LogP contribution in [0.3, 0.4) is 0 Å². The first-order valence-corrected chi connectivity index (χ1v) is 13.1. The lowest BCUT2D eigenvalue weighted by atomic mass is 10.1. The van der Waals surface area contributed by atoms with Crippen LogP contribution in [0.2, 0.25) is 10.0 Å². The zero-order valence-electron chi connectivity index (χ0n) is 19.9. The maximum Gasteiger partial charge on any atom is 0.335 e. The fourth-order valence-corrected chi connectivity index (χ4v) is 5.00. The Morgan fingerprint density at radius 3 is 2.26 bits per heavy atom. The Labute approximate surface area is 234 Å². The number of amides is 2. The minimum Gasteiger partial charge on any atom is -0.478 e. The molecule has 192 valence electrons. The highest BCUT2D eigenvalue weighted by atomic mass is 35.5. The summed E-state index contributed by atoms with van der Waals surface area (Å²) in [6.07, 6.45) is 0.194. The monoisotopic (exact) mass is 564 g/mol. The quantitative estimate of drug-likeness (QED) is 0.185. The number of rotatable bonds is 9. The Morgan fingerprint density at radius 1 is 0.816 bits per heavy atom. The Morgan fingerprint density at radius 2 is 1.55 bits per heavy atom. The maximum absolute atomic E-state index is 13.4. The second-order valence-electron chi connectivity index (χ2n) is 8.28. The van der Waals surface area contributed by atoms with E-state index in [0.29, 0.717) is 10.7 Å². The van der Waals surface area contributed by atoms with Crippen LogP contribution in [0.25, 0.3) is 0 Å². The van der Waals surface area contributed by atoms with Crippen LogP contribution in [0.15, 0.2) is 102 Å². The smallest absolute Gasteiger partial charge is 0.335 e. The minimum atomic E-state index is -1.12. The van der Waals surface area contributed by atoms with Gasteiger partial charge in [0.2, 0.25) is 11.8 Å². The lowest BCUT2D eigenvalue weighted by Gasteiger charge is -2.18. The summed E-state index contributed by atoms with van der Waals surface area (Å²) in [5.74, 6) is -1.68. The third-order valence-electron chi connectivity index (χ3n) is 5.46. The average molecular weight is 565 g/mol. The predicted octanol–water partition coefficient (Wildman–Crippen LogP) is 7.34. The van der Waals surface area contributed by atoms with Gasteiger partial charge in [0.15, 0.2) is 0 Å². The summed E-state index contributed by atoms with van der Waals surface area (Å²) in [6.45, 7) is 0. The van der Waals surface area contributed by atoms with Crippen molar-refractivity contribution in [1.29, 1.82) is 0 Å². The number of nitrogens with one attached hydrogen (secondary N) is 2. The molecule has 0 aliphatic heterocycles. The van der Waals surface area contributed by atoms with Crippen molar-refractivity contribution < 1.29 is 19.5 Å². The Hall–Kier alpha value is -3.78. The molecule has 0 saturated heterocycles. The molecule has 0 saturated carbocycles. The number of hydrogen-bond donors (Lipinski definition) is 3. The van der Waals surface area contributed by atoms with Crippen LogP contribution in [0.1, 0.15) is 26.7 Å². The number of hydrogen-bond acceptors (Lipinski definition) is 4. The van der Waals surface area contributed by atoms with E-state index in [1.54, 1.807) is 42.5 Å². The lowest BCUT2D eigenvalue weighted by molar-refractivity contribution is -0.116. The van der Waals surface area contributed by atoms with Crippen LogP contribution in [-0.2, 0) is 16.0 Å². The van der Waals surface area contributed by atoms with Gasteiger partial charge in [-0.15, -0.1) is 11.8 Å². The number of carbonyl (C=O) groups excluding carboxylic acids is 2. The first-order chi connectivity index (χ1) is 18.3. The minimum absolute atomic E-state index is 0.00987. The van der Waals surface area contributed by atoms with Crippen LogP contribution in [0, 0.1) is 0 Å². The van der Waals surface area contributed by atoms with E-state index in [-0.39, 0.29) is 34.5 Å². The SMILES string of the molecule is O=C(Cc1ccc(Cl)cc1)Nc1cccc(SC(C(=O)Nc2cc(C(=O)O)ccc2Cl)c2ccccc2)c1. The van der Waals surface area contributed by atoms with E-state index in [0.717, 1.165) is 16.0 Å². The summed E-state index contributed by atoms with van der Waals surface area (Å²) in [4.78, 5) is 38.1. The molecule has 0 aliphatic carbocycles. The first kappa shape index (κ1) is 27.3. The summed E-state index contributed by atoms with van der Waals surface area (Å²) in [7, 11) is 0. The summed E-state index contributed by atoms with van der Waals surface area (Å²) in [5.41, 5.74) is 2.40. The molecule has 0 fully saturated rings. The van der Waals surface area contributed by atoms with E-state index in [2.05, 4.69) is 10.6 Å². The van der Waals surface area contributed by atoms with Gasteiger partial charge in [0, 0.05) is 15.6 Å². The van der Waals surface area contributed by atoms with E-state index in [1.165, 1.54) is 30.0 Å².